The van der Waals surface area contributed by atoms with Crippen molar-refractivity contribution in [1.29, 1.82) is 15.8 Å². The van der Waals surface area contributed by atoms with E-state index in [0.717, 1.165) is 66.5 Å². The lowest BCUT2D eigenvalue weighted by atomic mass is 9.93. The summed E-state index contributed by atoms with van der Waals surface area (Å²) in [5.74, 6) is 0. The van der Waals surface area contributed by atoms with Crippen LogP contribution in [0, 0.1) is 34.0 Å². The number of fused-ring (bicyclic) bond motifs is 6. The van der Waals surface area contributed by atoms with Crippen LogP contribution in [0.3, 0.4) is 0 Å². The van der Waals surface area contributed by atoms with Gasteiger partial charge >= 0.3 is 0 Å². The van der Waals surface area contributed by atoms with Crippen LogP contribution in [-0.4, -0.2) is 9.13 Å². The lowest BCUT2D eigenvalue weighted by Gasteiger charge is -2.17. The van der Waals surface area contributed by atoms with Crippen LogP contribution in [0.2, 0.25) is 0 Å². The molecule has 0 atom stereocenters. The largest absolute Gasteiger partial charge is 0.309 e. The van der Waals surface area contributed by atoms with Crippen LogP contribution in [0.25, 0.3) is 77.2 Å². The Bertz CT molecular complexity index is 2830. The van der Waals surface area contributed by atoms with Crippen LogP contribution >= 0.6 is 0 Å². The summed E-state index contributed by atoms with van der Waals surface area (Å²) >= 11 is 0. The lowest BCUT2D eigenvalue weighted by molar-refractivity contribution is 1.16. The molecule has 0 aliphatic rings. The predicted molar refractivity (Wildman–Crippen MR) is 200 cm³/mol. The third-order valence-corrected chi connectivity index (χ3v) is 9.60. The van der Waals surface area contributed by atoms with Gasteiger partial charge in [-0.2, -0.15) is 15.8 Å². The molecule has 50 heavy (non-hydrogen) atoms. The van der Waals surface area contributed by atoms with Gasteiger partial charge in [0, 0.05) is 32.8 Å². The van der Waals surface area contributed by atoms with Gasteiger partial charge in [0.05, 0.1) is 56.6 Å². The van der Waals surface area contributed by atoms with E-state index in [1.807, 2.05) is 42.5 Å². The van der Waals surface area contributed by atoms with Crippen LogP contribution in [-0.2, 0) is 0 Å². The molecule has 9 aromatic rings. The second-order valence-electron chi connectivity index (χ2n) is 12.3. The van der Waals surface area contributed by atoms with Crippen molar-refractivity contribution in [2.45, 2.75) is 0 Å². The summed E-state index contributed by atoms with van der Waals surface area (Å²) in [4.78, 5) is 0. The third-order valence-electron chi connectivity index (χ3n) is 9.60. The van der Waals surface area contributed by atoms with Crippen molar-refractivity contribution in [2.24, 2.45) is 0 Å². The van der Waals surface area contributed by atoms with Crippen molar-refractivity contribution in [2.75, 3.05) is 0 Å². The Morgan fingerprint density at radius 3 is 1.54 bits per heavy atom. The lowest BCUT2D eigenvalue weighted by Crippen LogP contribution is -2.01. The maximum Gasteiger partial charge on any atom is 0.102 e. The molecule has 230 valence electrons. The van der Waals surface area contributed by atoms with Crippen LogP contribution in [0.5, 0.6) is 0 Å². The van der Waals surface area contributed by atoms with E-state index in [1.165, 1.54) is 10.8 Å². The first-order valence-corrected chi connectivity index (χ1v) is 16.3. The molecule has 2 aromatic heterocycles. The fourth-order valence-corrected chi connectivity index (χ4v) is 7.38. The first-order valence-electron chi connectivity index (χ1n) is 16.3. The maximum atomic E-state index is 11.0. The Morgan fingerprint density at radius 2 is 0.940 bits per heavy atom. The number of aromatic nitrogens is 2. The number of benzene rings is 7. The van der Waals surface area contributed by atoms with Gasteiger partial charge in [0.1, 0.15) is 6.07 Å². The summed E-state index contributed by atoms with van der Waals surface area (Å²) in [5.41, 5.74) is 10.9. The molecule has 0 saturated carbocycles. The third kappa shape index (κ3) is 4.38. The molecule has 7 aromatic carbocycles. The summed E-state index contributed by atoms with van der Waals surface area (Å²) in [6, 6.07) is 57.9. The monoisotopic (exact) mass is 635 g/mol. The summed E-state index contributed by atoms with van der Waals surface area (Å²) in [5, 5.41) is 34.6. The van der Waals surface area contributed by atoms with Crippen molar-refractivity contribution in [3.8, 4) is 51.8 Å². The summed E-state index contributed by atoms with van der Waals surface area (Å²) in [7, 11) is 0. The van der Waals surface area contributed by atoms with E-state index >= 15 is 0 Å². The molecule has 9 rings (SSSR count). The van der Waals surface area contributed by atoms with Crippen molar-refractivity contribution >= 4 is 43.6 Å². The minimum Gasteiger partial charge on any atom is -0.309 e. The average molecular weight is 636 g/mol. The van der Waals surface area contributed by atoms with E-state index in [-0.39, 0.29) is 0 Å². The first kappa shape index (κ1) is 28.8. The van der Waals surface area contributed by atoms with E-state index in [0.29, 0.717) is 16.7 Å². The summed E-state index contributed by atoms with van der Waals surface area (Å²) < 4.78 is 4.38. The highest BCUT2D eigenvalue weighted by Gasteiger charge is 2.21. The molecule has 0 amide bonds. The SMILES string of the molecule is N#Cc1ccc2c(c1)c1cc(C#N)ccc1n2-c1cc(-c2ccccc2)cc(-c2cccc(-n3c4ccccc4c4ccccc43)c2)c1C#N. The molecule has 0 radical (unpaired) electrons. The molecule has 2 heterocycles. The molecule has 0 saturated heterocycles. The van der Waals surface area contributed by atoms with E-state index in [2.05, 4.69) is 124 Å². The number of rotatable bonds is 4. The fourth-order valence-electron chi connectivity index (χ4n) is 7.38. The molecule has 0 N–H and O–H groups in total. The second-order valence-corrected chi connectivity index (χ2v) is 12.3. The molecule has 0 spiro atoms. The summed E-state index contributed by atoms with van der Waals surface area (Å²) in [6.07, 6.45) is 0. The zero-order valence-corrected chi connectivity index (χ0v) is 26.7. The van der Waals surface area contributed by atoms with E-state index < -0.39 is 0 Å². The van der Waals surface area contributed by atoms with Crippen molar-refractivity contribution < 1.29 is 0 Å². The summed E-state index contributed by atoms with van der Waals surface area (Å²) in [6.45, 7) is 0. The minimum absolute atomic E-state index is 0.525. The Kier molecular flexibility index (Phi) is 6.56. The molecular weight excluding hydrogens is 611 g/mol. The van der Waals surface area contributed by atoms with Gasteiger partial charge in [-0.05, 0) is 89.5 Å². The zero-order valence-electron chi connectivity index (χ0n) is 26.7. The Balaban J connectivity index is 1.36. The topological polar surface area (TPSA) is 81.2 Å². The van der Waals surface area contributed by atoms with Crippen LogP contribution in [0.1, 0.15) is 16.7 Å². The highest BCUT2D eigenvalue weighted by Crippen LogP contribution is 2.40. The van der Waals surface area contributed by atoms with Crippen LogP contribution in [0.15, 0.2) is 152 Å². The first-order chi connectivity index (χ1) is 24.7. The van der Waals surface area contributed by atoms with Gasteiger partial charge in [-0.1, -0.05) is 78.9 Å². The highest BCUT2D eigenvalue weighted by molar-refractivity contribution is 6.11. The molecule has 0 aliphatic carbocycles. The Morgan fingerprint density at radius 1 is 0.380 bits per heavy atom. The van der Waals surface area contributed by atoms with Gasteiger partial charge in [-0.15, -0.1) is 0 Å². The van der Waals surface area contributed by atoms with Crippen LogP contribution in [0.4, 0.5) is 0 Å². The van der Waals surface area contributed by atoms with E-state index in [1.54, 1.807) is 12.1 Å². The Labute approximate surface area is 287 Å². The van der Waals surface area contributed by atoms with Gasteiger partial charge in [0.2, 0.25) is 0 Å². The molecule has 0 bridgehead atoms. The van der Waals surface area contributed by atoms with Gasteiger partial charge in [-0.3, -0.25) is 0 Å². The number of nitrogens with zero attached hydrogens (tertiary/aromatic N) is 5. The number of para-hydroxylation sites is 2. The fraction of sp³-hybridized carbons (Fsp3) is 0. The predicted octanol–water partition coefficient (Wildman–Crippen LogP) is 10.8. The zero-order chi connectivity index (χ0) is 33.8. The number of nitriles is 3. The number of hydrogen-bond donors (Lipinski definition) is 0. The van der Waals surface area contributed by atoms with Crippen molar-refractivity contribution in [3.63, 3.8) is 0 Å². The normalized spacial score (nSPS) is 11.1. The van der Waals surface area contributed by atoms with Gasteiger partial charge in [-0.25, -0.2) is 0 Å². The maximum absolute atomic E-state index is 11.0. The molecular formula is C45H25N5. The van der Waals surface area contributed by atoms with Crippen molar-refractivity contribution in [1.82, 2.24) is 9.13 Å². The van der Waals surface area contributed by atoms with Crippen LogP contribution < -0.4 is 0 Å². The quantitative estimate of drug-likeness (QED) is 0.193. The smallest absolute Gasteiger partial charge is 0.102 e. The minimum atomic E-state index is 0.525. The Hall–Kier alpha value is -7.39. The van der Waals surface area contributed by atoms with Gasteiger partial charge in [0.15, 0.2) is 0 Å². The average Bonchev–Trinajstić information content (AvgIpc) is 3.69. The molecule has 0 fully saturated rings. The van der Waals surface area contributed by atoms with E-state index in [4.69, 9.17) is 0 Å². The van der Waals surface area contributed by atoms with Crippen molar-refractivity contribution in [3.05, 3.63) is 168 Å². The standard InChI is InChI=1S/C45H25N5/c46-26-29-17-19-43-38(21-29)39-22-30(27-47)18-20-44(39)50(43)45-25-33(31-9-2-1-3-10-31)24-37(40(45)28-48)32-11-8-12-34(23-32)49-41-15-6-4-13-35(41)36-14-5-7-16-42(36)49/h1-25H. The molecule has 0 unspecified atom stereocenters. The highest BCUT2D eigenvalue weighted by atomic mass is 15.0. The second kappa shape index (κ2) is 11.4. The molecule has 5 nitrogen and oxygen atoms in total. The molecule has 0 aliphatic heterocycles. The molecule has 5 heteroatoms. The van der Waals surface area contributed by atoms with Gasteiger partial charge in [0.25, 0.3) is 0 Å². The van der Waals surface area contributed by atoms with E-state index in [9.17, 15) is 15.8 Å². The van der Waals surface area contributed by atoms with Gasteiger partial charge < -0.3 is 9.13 Å². The number of hydrogen-bond acceptors (Lipinski definition) is 3.